The molecule has 0 aliphatic carbocycles. The van der Waals surface area contributed by atoms with Crippen LogP contribution in [0, 0.1) is 6.92 Å². The highest BCUT2D eigenvalue weighted by atomic mass is 32.1. The molecular formula is C8H13N3OS. The van der Waals surface area contributed by atoms with Gasteiger partial charge in [0.2, 0.25) is 0 Å². The average Bonchev–Trinajstić information content (AvgIpc) is 2.49. The number of hydrogen-bond donors (Lipinski definition) is 1. The lowest BCUT2D eigenvalue weighted by Crippen LogP contribution is -2.34. The molecule has 1 heterocycles. The number of aryl methyl sites for hydroxylation is 1. The molecule has 0 aliphatic heterocycles. The zero-order valence-electron chi connectivity index (χ0n) is 8.00. The molecule has 1 aromatic rings. The van der Waals surface area contributed by atoms with E-state index in [2.05, 4.69) is 10.3 Å². The second-order valence-corrected chi connectivity index (χ2v) is 3.83. The summed E-state index contributed by atoms with van der Waals surface area (Å²) in [7, 11) is 3.36. The van der Waals surface area contributed by atoms with Crippen LogP contribution in [-0.2, 0) is 6.54 Å². The van der Waals surface area contributed by atoms with Gasteiger partial charge in [-0.15, -0.1) is 11.3 Å². The van der Waals surface area contributed by atoms with Gasteiger partial charge in [-0.2, -0.15) is 0 Å². The van der Waals surface area contributed by atoms with E-state index in [1.807, 2.05) is 12.3 Å². The van der Waals surface area contributed by atoms with Crippen LogP contribution in [0.3, 0.4) is 0 Å². The fraction of sp³-hybridized carbons (Fsp3) is 0.500. The molecular weight excluding hydrogens is 186 g/mol. The molecule has 72 valence electrons. The number of nitrogens with one attached hydrogen (secondary N) is 1. The molecule has 0 unspecified atom stereocenters. The van der Waals surface area contributed by atoms with E-state index in [0.717, 1.165) is 10.7 Å². The van der Waals surface area contributed by atoms with Gasteiger partial charge in [0.25, 0.3) is 0 Å². The van der Waals surface area contributed by atoms with E-state index in [9.17, 15) is 4.79 Å². The first-order valence-electron chi connectivity index (χ1n) is 3.97. The Morgan fingerprint density at radius 3 is 2.92 bits per heavy atom. The van der Waals surface area contributed by atoms with Gasteiger partial charge in [0.05, 0.1) is 17.2 Å². The summed E-state index contributed by atoms with van der Waals surface area (Å²) in [5.41, 5.74) is 0.939. The first-order chi connectivity index (χ1) is 6.13. The predicted octanol–water partition coefficient (Wildman–Crippen LogP) is 1.22. The average molecular weight is 199 g/mol. The monoisotopic (exact) mass is 199 g/mol. The van der Waals surface area contributed by atoms with Crippen LogP contribution in [0.1, 0.15) is 10.7 Å². The molecule has 0 spiro atoms. The molecule has 0 bridgehead atoms. The molecule has 1 rings (SSSR count). The molecule has 0 saturated heterocycles. The van der Waals surface area contributed by atoms with Gasteiger partial charge in [0, 0.05) is 19.5 Å². The molecule has 0 saturated carbocycles. The van der Waals surface area contributed by atoms with Crippen LogP contribution >= 0.6 is 11.3 Å². The lowest BCUT2D eigenvalue weighted by Gasteiger charge is -2.14. The highest BCUT2D eigenvalue weighted by Gasteiger charge is 2.07. The minimum atomic E-state index is -0.0920. The Balaban J connectivity index is 2.54. The third-order valence-electron chi connectivity index (χ3n) is 1.63. The SMILES string of the molecule is CNC(=O)N(C)Cc1csc(C)n1. The lowest BCUT2D eigenvalue weighted by molar-refractivity contribution is 0.209. The lowest BCUT2D eigenvalue weighted by atomic mass is 10.4. The molecule has 5 heteroatoms. The molecule has 0 fully saturated rings. The molecule has 1 aromatic heterocycles. The van der Waals surface area contributed by atoms with Crippen LogP contribution in [0.2, 0.25) is 0 Å². The van der Waals surface area contributed by atoms with Gasteiger partial charge in [0.1, 0.15) is 0 Å². The second kappa shape index (κ2) is 4.23. The zero-order valence-corrected chi connectivity index (χ0v) is 8.81. The van der Waals surface area contributed by atoms with Gasteiger partial charge in [-0.05, 0) is 6.92 Å². The quantitative estimate of drug-likeness (QED) is 0.778. The maximum absolute atomic E-state index is 11.1. The van der Waals surface area contributed by atoms with E-state index in [1.54, 1.807) is 30.3 Å². The van der Waals surface area contributed by atoms with Gasteiger partial charge in [-0.3, -0.25) is 0 Å². The Morgan fingerprint density at radius 1 is 1.77 bits per heavy atom. The second-order valence-electron chi connectivity index (χ2n) is 2.77. The van der Waals surface area contributed by atoms with Crippen molar-refractivity contribution in [2.24, 2.45) is 0 Å². The van der Waals surface area contributed by atoms with E-state index in [0.29, 0.717) is 6.54 Å². The Hall–Kier alpha value is -1.10. The third-order valence-corrected chi connectivity index (χ3v) is 2.45. The Morgan fingerprint density at radius 2 is 2.46 bits per heavy atom. The number of nitrogens with zero attached hydrogens (tertiary/aromatic N) is 2. The minimum absolute atomic E-state index is 0.0920. The minimum Gasteiger partial charge on any atom is -0.341 e. The van der Waals surface area contributed by atoms with Crippen LogP contribution in [0.5, 0.6) is 0 Å². The summed E-state index contributed by atoms with van der Waals surface area (Å²) in [6, 6.07) is -0.0920. The number of aromatic nitrogens is 1. The van der Waals surface area contributed by atoms with E-state index in [-0.39, 0.29) is 6.03 Å². The van der Waals surface area contributed by atoms with Crippen molar-refractivity contribution in [3.63, 3.8) is 0 Å². The van der Waals surface area contributed by atoms with Crippen LogP contribution in [-0.4, -0.2) is 30.0 Å². The zero-order chi connectivity index (χ0) is 9.84. The largest absolute Gasteiger partial charge is 0.341 e. The van der Waals surface area contributed by atoms with Crippen molar-refractivity contribution >= 4 is 17.4 Å². The van der Waals surface area contributed by atoms with Crippen LogP contribution < -0.4 is 5.32 Å². The molecule has 13 heavy (non-hydrogen) atoms. The number of carbonyl (C=O) groups is 1. The van der Waals surface area contributed by atoms with E-state index >= 15 is 0 Å². The van der Waals surface area contributed by atoms with Crippen molar-refractivity contribution < 1.29 is 4.79 Å². The van der Waals surface area contributed by atoms with Crippen LogP contribution in [0.25, 0.3) is 0 Å². The number of urea groups is 1. The number of hydrogen-bond acceptors (Lipinski definition) is 3. The smallest absolute Gasteiger partial charge is 0.317 e. The summed E-state index contributed by atoms with van der Waals surface area (Å²) in [6.45, 7) is 2.51. The van der Waals surface area contributed by atoms with E-state index < -0.39 is 0 Å². The van der Waals surface area contributed by atoms with Gasteiger partial charge < -0.3 is 10.2 Å². The fourth-order valence-electron chi connectivity index (χ4n) is 0.987. The molecule has 0 radical (unpaired) electrons. The van der Waals surface area contributed by atoms with E-state index in [4.69, 9.17) is 0 Å². The first-order valence-corrected chi connectivity index (χ1v) is 4.85. The van der Waals surface area contributed by atoms with Crippen molar-refractivity contribution in [2.75, 3.05) is 14.1 Å². The summed E-state index contributed by atoms with van der Waals surface area (Å²) in [4.78, 5) is 17.0. The van der Waals surface area contributed by atoms with E-state index in [1.165, 1.54) is 0 Å². The van der Waals surface area contributed by atoms with Gasteiger partial charge in [0.15, 0.2) is 0 Å². The normalized spacial score (nSPS) is 9.77. The predicted molar refractivity (Wildman–Crippen MR) is 52.8 cm³/mol. The van der Waals surface area contributed by atoms with Gasteiger partial charge >= 0.3 is 6.03 Å². The Kier molecular flexibility index (Phi) is 3.25. The molecule has 1 N–H and O–H groups in total. The fourth-order valence-corrected chi connectivity index (χ4v) is 1.59. The molecule has 2 amide bonds. The van der Waals surface area contributed by atoms with Crippen molar-refractivity contribution in [3.8, 4) is 0 Å². The molecule has 4 nitrogen and oxygen atoms in total. The third kappa shape index (κ3) is 2.69. The Labute approximate surface area is 81.6 Å². The van der Waals surface area contributed by atoms with Gasteiger partial charge in [-0.1, -0.05) is 0 Å². The summed E-state index contributed by atoms with van der Waals surface area (Å²) < 4.78 is 0. The van der Waals surface area contributed by atoms with Crippen LogP contribution in [0.4, 0.5) is 4.79 Å². The van der Waals surface area contributed by atoms with Crippen molar-refractivity contribution in [1.29, 1.82) is 0 Å². The number of carbonyl (C=O) groups excluding carboxylic acids is 1. The highest BCUT2D eigenvalue weighted by molar-refractivity contribution is 7.09. The van der Waals surface area contributed by atoms with Gasteiger partial charge in [-0.25, -0.2) is 9.78 Å². The molecule has 0 aromatic carbocycles. The highest BCUT2D eigenvalue weighted by Crippen LogP contribution is 2.09. The van der Waals surface area contributed by atoms with Crippen LogP contribution in [0.15, 0.2) is 5.38 Å². The first kappa shape index (κ1) is 9.98. The standard InChI is InChI=1S/C8H13N3OS/c1-6-10-7(5-13-6)4-11(3)8(12)9-2/h5H,4H2,1-3H3,(H,9,12). The maximum Gasteiger partial charge on any atom is 0.317 e. The van der Waals surface area contributed by atoms with Crippen molar-refractivity contribution in [3.05, 3.63) is 16.1 Å². The summed E-state index contributed by atoms with van der Waals surface area (Å²) in [5.74, 6) is 0. The number of rotatable bonds is 2. The maximum atomic E-state index is 11.1. The molecule has 0 atom stereocenters. The summed E-state index contributed by atoms with van der Waals surface area (Å²) >= 11 is 1.60. The van der Waals surface area contributed by atoms with Crippen molar-refractivity contribution in [2.45, 2.75) is 13.5 Å². The topological polar surface area (TPSA) is 45.2 Å². The molecule has 0 aliphatic rings. The van der Waals surface area contributed by atoms with Crippen molar-refractivity contribution in [1.82, 2.24) is 15.2 Å². The number of amides is 2. The Bertz CT molecular complexity index is 297. The summed E-state index contributed by atoms with van der Waals surface area (Å²) in [5, 5.41) is 5.55. The number of thiazole rings is 1. The summed E-state index contributed by atoms with van der Waals surface area (Å²) in [6.07, 6.45) is 0.